The maximum Gasteiger partial charge on any atom is 0.416 e. The van der Waals surface area contributed by atoms with E-state index in [1.165, 1.54) is 12.1 Å². The summed E-state index contributed by atoms with van der Waals surface area (Å²) in [5.74, 6) is 1.05. The Labute approximate surface area is 158 Å². The van der Waals surface area contributed by atoms with E-state index in [2.05, 4.69) is 15.6 Å². The summed E-state index contributed by atoms with van der Waals surface area (Å²) >= 11 is 0. The van der Waals surface area contributed by atoms with Crippen molar-refractivity contribution < 1.29 is 27.4 Å². The first-order valence-electron chi connectivity index (χ1n) is 8.86. The lowest BCUT2D eigenvalue weighted by Crippen LogP contribution is -2.39. The van der Waals surface area contributed by atoms with Crippen LogP contribution in [0.3, 0.4) is 0 Å². The van der Waals surface area contributed by atoms with Crippen molar-refractivity contribution in [3.8, 4) is 5.75 Å². The van der Waals surface area contributed by atoms with Gasteiger partial charge < -0.3 is 24.8 Å². The number of aliphatic imine (C=N–C) groups is 1. The fourth-order valence-electron chi connectivity index (χ4n) is 2.02. The number of nitrogens with zero attached hydrogens (tertiary/aromatic N) is 1. The van der Waals surface area contributed by atoms with E-state index in [1.54, 1.807) is 7.11 Å². The molecule has 0 atom stereocenters. The zero-order valence-electron chi connectivity index (χ0n) is 15.8. The normalized spacial score (nSPS) is 12.1. The summed E-state index contributed by atoms with van der Waals surface area (Å²) in [5.41, 5.74) is -0.694. The summed E-state index contributed by atoms with van der Waals surface area (Å²) in [6.07, 6.45) is -3.55. The van der Waals surface area contributed by atoms with Crippen LogP contribution in [0.4, 0.5) is 13.2 Å². The Morgan fingerprint density at radius 3 is 2.41 bits per heavy atom. The highest BCUT2D eigenvalue weighted by Crippen LogP contribution is 2.30. The molecule has 2 N–H and O–H groups in total. The first kappa shape index (κ1) is 23.0. The zero-order valence-corrected chi connectivity index (χ0v) is 15.8. The summed E-state index contributed by atoms with van der Waals surface area (Å²) in [5, 5.41) is 6.22. The van der Waals surface area contributed by atoms with Gasteiger partial charge in [0.25, 0.3) is 0 Å². The van der Waals surface area contributed by atoms with Crippen molar-refractivity contribution >= 4 is 5.96 Å². The number of hydrogen-bond acceptors (Lipinski definition) is 4. The summed E-state index contributed by atoms with van der Waals surface area (Å²) in [6.45, 7) is 5.82. The molecule has 0 bridgehead atoms. The number of guanidine groups is 1. The molecule has 0 saturated heterocycles. The number of nitrogens with one attached hydrogen (secondary N) is 2. The highest BCUT2D eigenvalue weighted by Gasteiger charge is 2.29. The van der Waals surface area contributed by atoms with Crippen LogP contribution in [-0.4, -0.2) is 59.1 Å². The van der Waals surface area contributed by atoms with Crippen molar-refractivity contribution in [2.45, 2.75) is 19.5 Å². The first-order valence-corrected chi connectivity index (χ1v) is 8.86. The quantitative estimate of drug-likeness (QED) is 0.326. The molecule has 154 valence electrons. The van der Waals surface area contributed by atoms with E-state index < -0.39 is 11.7 Å². The molecule has 1 rings (SSSR count). The van der Waals surface area contributed by atoms with Crippen molar-refractivity contribution in [3.05, 3.63) is 29.8 Å². The Hall–Kier alpha value is -2.00. The number of halogens is 3. The second-order valence-electron chi connectivity index (χ2n) is 5.52. The third-order valence-corrected chi connectivity index (χ3v) is 3.34. The van der Waals surface area contributed by atoms with Gasteiger partial charge in [-0.15, -0.1) is 0 Å². The van der Waals surface area contributed by atoms with Gasteiger partial charge in [-0.1, -0.05) is 0 Å². The van der Waals surface area contributed by atoms with Gasteiger partial charge in [0.1, 0.15) is 12.4 Å². The van der Waals surface area contributed by atoms with Crippen LogP contribution in [-0.2, 0) is 15.7 Å². The number of benzene rings is 1. The maximum atomic E-state index is 12.5. The Morgan fingerprint density at radius 1 is 1.04 bits per heavy atom. The van der Waals surface area contributed by atoms with Crippen molar-refractivity contribution in [2.24, 2.45) is 4.99 Å². The second-order valence-corrected chi connectivity index (χ2v) is 5.52. The van der Waals surface area contributed by atoms with Gasteiger partial charge in [-0.3, -0.25) is 4.99 Å². The van der Waals surface area contributed by atoms with Crippen LogP contribution in [0, 0.1) is 0 Å². The van der Waals surface area contributed by atoms with Crippen LogP contribution in [0.5, 0.6) is 5.75 Å². The van der Waals surface area contributed by atoms with Crippen molar-refractivity contribution in [3.63, 3.8) is 0 Å². The van der Waals surface area contributed by atoms with Crippen molar-refractivity contribution in [2.75, 3.05) is 53.2 Å². The third kappa shape index (κ3) is 10.7. The molecule has 0 aliphatic carbocycles. The lowest BCUT2D eigenvalue weighted by atomic mass is 10.2. The number of methoxy groups -OCH3 is 1. The molecule has 27 heavy (non-hydrogen) atoms. The minimum absolute atomic E-state index is 0.301. The number of alkyl halides is 3. The molecule has 1 aromatic rings. The molecule has 0 fully saturated rings. The van der Waals surface area contributed by atoms with Crippen molar-refractivity contribution in [1.29, 1.82) is 0 Å². The fourth-order valence-corrected chi connectivity index (χ4v) is 2.02. The molecule has 0 unspecified atom stereocenters. The summed E-state index contributed by atoms with van der Waals surface area (Å²) in [4.78, 5) is 4.42. The Morgan fingerprint density at radius 2 is 1.78 bits per heavy atom. The summed E-state index contributed by atoms with van der Waals surface area (Å²) in [6, 6.07) is 4.63. The van der Waals surface area contributed by atoms with Gasteiger partial charge in [0, 0.05) is 26.8 Å². The smallest absolute Gasteiger partial charge is 0.416 e. The van der Waals surface area contributed by atoms with Gasteiger partial charge in [-0.25, -0.2) is 0 Å². The predicted molar refractivity (Wildman–Crippen MR) is 98.2 cm³/mol. The van der Waals surface area contributed by atoms with Crippen LogP contribution >= 0.6 is 0 Å². The monoisotopic (exact) mass is 391 g/mol. The Bertz CT molecular complexity index is 537. The second kappa shape index (κ2) is 13.2. The first-order chi connectivity index (χ1) is 13.0. The SMILES string of the molecule is CCNC(=NCCCOCCOC)NCCOc1ccc(C(F)(F)F)cc1. The summed E-state index contributed by atoms with van der Waals surface area (Å²) in [7, 11) is 1.63. The molecule has 0 aliphatic heterocycles. The third-order valence-electron chi connectivity index (χ3n) is 3.34. The van der Waals surface area contributed by atoms with Gasteiger partial charge in [0.15, 0.2) is 5.96 Å². The molecule has 0 spiro atoms. The number of ether oxygens (including phenoxy) is 3. The van der Waals surface area contributed by atoms with Crippen molar-refractivity contribution in [1.82, 2.24) is 10.6 Å². The molecule has 9 heteroatoms. The summed E-state index contributed by atoms with van der Waals surface area (Å²) < 4.78 is 53.2. The van der Waals surface area contributed by atoms with Gasteiger partial charge in [0.05, 0.1) is 25.3 Å². The van der Waals surface area contributed by atoms with Crippen LogP contribution in [0.15, 0.2) is 29.3 Å². The number of rotatable bonds is 12. The lowest BCUT2D eigenvalue weighted by molar-refractivity contribution is -0.137. The standard InChI is InChI=1S/C18H28F3N3O3/c1-3-22-17(23-9-4-11-26-14-13-25-2)24-10-12-27-16-7-5-15(6-8-16)18(19,20)21/h5-8H,3-4,9-14H2,1-2H3,(H2,22,23,24). The molecule has 6 nitrogen and oxygen atoms in total. The molecular weight excluding hydrogens is 363 g/mol. The van der Waals surface area contributed by atoms with Gasteiger partial charge >= 0.3 is 6.18 Å². The molecule has 0 saturated carbocycles. The van der Waals surface area contributed by atoms with E-state index in [1.807, 2.05) is 6.92 Å². The van der Waals surface area contributed by atoms with Gasteiger partial charge in [0.2, 0.25) is 0 Å². The van der Waals surface area contributed by atoms with E-state index in [0.29, 0.717) is 51.2 Å². The Kier molecular flexibility index (Phi) is 11.3. The predicted octanol–water partition coefficient (Wildman–Crippen LogP) is 2.69. The number of hydrogen-bond donors (Lipinski definition) is 2. The minimum atomic E-state index is -4.34. The van der Waals surface area contributed by atoms with Gasteiger partial charge in [-0.05, 0) is 37.6 Å². The zero-order chi connectivity index (χ0) is 20.0. The van der Waals surface area contributed by atoms with E-state index >= 15 is 0 Å². The average Bonchev–Trinajstić information content (AvgIpc) is 2.64. The maximum absolute atomic E-state index is 12.5. The Balaban J connectivity index is 2.26. The molecule has 1 aromatic carbocycles. The highest BCUT2D eigenvalue weighted by atomic mass is 19.4. The van der Waals surface area contributed by atoms with E-state index in [-0.39, 0.29) is 0 Å². The van der Waals surface area contributed by atoms with Crippen LogP contribution in [0.25, 0.3) is 0 Å². The molecule has 0 aromatic heterocycles. The molecular formula is C18H28F3N3O3. The minimum Gasteiger partial charge on any atom is -0.492 e. The molecule has 0 heterocycles. The average molecular weight is 391 g/mol. The molecule has 0 amide bonds. The van der Waals surface area contributed by atoms with Crippen LogP contribution < -0.4 is 15.4 Å². The van der Waals surface area contributed by atoms with Crippen LogP contribution in [0.1, 0.15) is 18.9 Å². The van der Waals surface area contributed by atoms with Crippen LogP contribution in [0.2, 0.25) is 0 Å². The fraction of sp³-hybridized carbons (Fsp3) is 0.611. The highest BCUT2D eigenvalue weighted by molar-refractivity contribution is 5.79. The van der Waals surface area contributed by atoms with E-state index in [4.69, 9.17) is 14.2 Å². The molecule has 0 radical (unpaired) electrons. The lowest BCUT2D eigenvalue weighted by Gasteiger charge is -2.12. The molecule has 0 aliphatic rings. The topological polar surface area (TPSA) is 64.1 Å². The van der Waals surface area contributed by atoms with E-state index in [9.17, 15) is 13.2 Å². The van der Waals surface area contributed by atoms with E-state index in [0.717, 1.165) is 25.1 Å². The largest absolute Gasteiger partial charge is 0.492 e. The van der Waals surface area contributed by atoms with Gasteiger partial charge in [-0.2, -0.15) is 13.2 Å².